The third-order valence-electron chi connectivity index (χ3n) is 2.77. The zero-order valence-electron chi connectivity index (χ0n) is 14.0. The van der Waals surface area contributed by atoms with Gasteiger partial charge in [-0.05, 0) is 39.7 Å². The van der Waals surface area contributed by atoms with Gasteiger partial charge in [0.1, 0.15) is 11.4 Å². The molecule has 0 aliphatic carbocycles. The van der Waals surface area contributed by atoms with Gasteiger partial charge in [-0.25, -0.2) is 9.64 Å². The molecule has 24 heavy (non-hydrogen) atoms. The molecule has 0 fully saturated rings. The summed E-state index contributed by atoms with van der Waals surface area (Å²) in [5, 5.41) is 13.4. The van der Waals surface area contributed by atoms with Crippen molar-refractivity contribution in [1.82, 2.24) is 5.32 Å². The number of hydrogen-bond donors (Lipinski definition) is 1. The summed E-state index contributed by atoms with van der Waals surface area (Å²) in [7, 11) is 0. The number of carbonyl (C=O) groups is 1. The number of ether oxygens (including phenoxy) is 2. The zero-order chi connectivity index (χ0) is 18.2. The minimum atomic E-state index is -0.536. The average Bonchev–Trinajstić information content (AvgIpc) is 2.48. The van der Waals surface area contributed by atoms with E-state index in [2.05, 4.69) is 10.2 Å². The van der Waals surface area contributed by atoms with Crippen molar-refractivity contribution in [3.05, 3.63) is 39.7 Å². The molecule has 0 unspecified atom stereocenters. The van der Waals surface area contributed by atoms with E-state index in [1.807, 2.05) is 0 Å². The number of amides is 1. The highest BCUT2D eigenvalue weighted by molar-refractivity contribution is 5.67. The third-order valence-corrected chi connectivity index (χ3v) is 2.77. The van der Waals surface area contributed by atoms with Crippen LogP contribution >= 0.6 is 0 Å². The number of alkyl carbamates (subject to hydrolysis) is 1. The monoisotopic (exact) mass is 335 g/mol. The van der Waals surface area contributed by atoms with Gasteiger partial charge in [0.25, 0.3) is 5.69 Å². The molecule has 0 spiro atoms. The van der Waals surface area contributed by atoms with E-state index in [1.54, 1.807) is 20.8 Å². The summed E-state index contributed by atoms with van der Waals surface area (Å²) in [6.07, 6.45) is 0.801. The number of nitrogens with zero attached hydrogens (tertiary/aromatic N) is 2. The van der Waals surface area contributed by atoms with Crippen LogP contribution < -0.4 is 10.1 Å². The summed E-state index contributed by atoms with van der Waals surface area (Å²) in [6, 6.07) is 3.88. The minimum absolute atomic E-state index is 0.121. The van der Waals surface area contributed by atoms with Crippen LogP contribution in [0.15, 0.2) is 18.2 Å². The Morgan fingerprint density at radius 2 is 2.08 bits per heavy atom. The Morgan fingerprint density at radius 3 is 2.67 bits per heavy atom. The van der Waals surface area contributed by atoms with Gasteiger partial charge in [0.05, 0.1) is 18.1 Å². The van der Waals surface area contributed by atoms with Crippen molar-refractivity contribution < 1.29 is 19.2 Å². The van der Waals surface area contributed by atoms with Crippen LogP contribution in [0.25, 0.3) is 4.85 Å². The fraction of sp³-hybridized carbons (Fsp3) is 0.500. The van der Waals surface area contributed by atoms with Crippen molar-refractivity contribution >= 4 is 17.5 Å². The minimum Gasteiger partial charge on any atom is -0.504 e. The molecule has 0 atom stereocenters. The van der Waals surface area contributed by atoms with Gasteiger partial charge in [-0.2, -0.15) is 0 Å². The van der Waals surface area contributed by atoms with E-state index in [9.17, 15) is 14.9 Å². The van der Waals surface area contributed by atoms with E-state index in [1.165, 1.54) is 18.2 Å². The van der Waals surface area contributed by atoms with Gasteiger partial charge in [0, 0.05) is 18.7 Å². The fourth-order valence-electron chi connectivity index (χ4n) is 1.74. The van der Waals surface area contributed by atoms with Gasteiger partial charge < -0.3 is 14.8 Å². The third kappa shape index (κ3) is 6.96. The van der Waals surface area contributed by atoms with Gasteiger partial charge in [-0.1, -0.05) is 0 Å². The molecule has 0 saturated carbocycles. The first-order valence-corrected chi connectivity index (χ1v) is 7.48. The topological polar surface area (TPSA) is 95.1 Å². The van der Waals surface area contributed by atoms with Crippen LogP contribution in [-0.2, 0) is 4.74 Å². The molecule has 1 rings (SSSR count). The highest BCUT2D eigenvalue weighted by atomic mass is 16.6. The maximum atomic E-state index is 11.4. The van der Waals surface area contributed by atoms with Crippen LogP contribution in [0.1, 0.15) is 33.6 Å². The first-order valence-electron chi connectivity index (χ1n) is 7.48. The highest BCUT2D eigenvalue weighted by Crippen LogP contribution is 2.31. The number of non-ortho nitro benzene ring substituents is 1. The summed E-state index contributed by atoms with van der Waals surface area (Å²) in [5.41, 5.74) is -0.428. The number of nitrogens with one attached hydrogen (secondary N) is 1. The second-order valence-electron chi connectivity index (χ2n) is 6.01. The van der Waals surface area contributed by atoms with Crippen LogP contribution in [0.3, 0.4) is 0 Å². The largest absolute Gasteiger partial charge is 0.504 e. The molecule has 130 valence electrons. The molecule has 0 saturated heterocycles. The second-order valence-corrected chi connectivity index (χ2v) is 6.01. The van der Waals surface area contributed by atoms with Crippen molar-refractivity contribution in [3.63, 3.8) is 0 Å². The van der Waals surface area contributed by atoms with E-state index in [-0.39, 0.29) is 17.1 Å². The van der Waals surface area contributed by atoms with Crippen LogP contribution in [0, 0.1) is 16.7 Å². The Labute approximate surface area is 140 Å². The van der Waals surface area contributed by atoms with Gasteiger partial charge in [0.2, 0.25) is 5.69 Å². The lowest BCUT2D eigenvalue weighted by Gasteiger charge is -2.19. The van der Waals surface area contributed by atoms with Crippen molar-refractivity contribution in [2.45, 2.75) is 39.2 Å². The number of hydrogen-bond acceptors (Lipinski definition) is 5. The molecule has 8 heteroatoms. The SMILES string of the molecule is [C-]#[N+]c1ccc([N+](=O)[O-])cc1OCCCCNC(=O)OC(C)(C)C. The molecule has 8 nitrogen and oxygen atoms in total. The van der Waals surface area contributed by atoms with E-state index < -0.39 is 16.6 Å². The summed E-state index contributed by atoms with van der Waals surface area (Å²) < 4.78 is 10.5. The molecule has 0 radical (unpaired) electrons. The molecular formula is C16H21N3O5. The van der Waals surface area contributed by atoms with Gasteiger partial charge in [-0.3, -0.25) is 10.1 Å². The van der Waals surface area contributed by atoms with E-state index in [4.69, 9.17) is 16.0 Å². The highest BCUT2D eigenvalue weighted by Gasteiger charge is 2.15. The predicted molar refractivity (Wildman–Crippen MR) is 88.3 cm³/mol. The summed E-state index contributed by atoms with van der Waals surface area (Å²) >= 11 is 0. The van der Waals surface area contributed by atoms with Crippen molar-refractivity contribution in [1.29, 1.82) is 0 Å². The van der Waals surface area contributed by atoms with Crippen molar-refractivity contribution in [2.75, 3.05) is 13.2 Å². The number of nitro groups is 1. The number of unbranched alkanes of at least 4 members (excludes halogenated alkanes) is 1. The molecular weight excluding hydrogens is 314 g/mol. The van der Waals surface area contributed by atoms with Crippen LogP contribution in [0.2, 0.25) is 0 Å². The summed E-state index contributed by atoms with van der Waals surface area (Å²) in [4.78, 5) is 24.9. The molecule has 1 aromatic rings. The first kappa shape index (κ1) is 19.2. The summed E-state index contributed by atoms with van der Waals surface area (Å²) in [6.45, 7) is 13.1. The fourth-order valence-corrected chi connectivity index (χ4v) is 1.74. The number of carbonyl (C=O) groups excluding carboxylic acids is 1. The smallest absolute Gasteiger partial charge is 0.407 e. The number of nitro benzene ring substituents is 1. The molecule has 0 aliphatic heterocycles. The second kappa shape index (κ2) is 8.72. The van der Waals surface area contributed by atoms with Gasteiger partial charge in [-0.15, -0.1) is 0 Å². The lowest BCUT2D eigenvalue weighted by Crippen LogP contribution is -2.33. The van der Waals surface area contributed by atoms with Gasteiger partial charge >= 0.3 is 6.09 Å². The zero-order valence-corrected chi connectivity index (χ0v) is 14.0. The van der Waals surface area contributed by atoms with E-state index in [0.717, 1.165) is 0 Å². The maximum absolute atomic E-state index is 11.4. The predicted octanol–water partition coefficient (Wildman–Crippen LogP) is 3.83. The lowest BCUT2D eigenvalue weighted by molar-refractivity contribution is -0.384. The Morgan fingerprint density at radius 1 is 1.38 bits per heavy atom. The molecule has 1 amide bonds. The van der Waals surface area contributed by atoms with E-state index in [0.29, 0.717) is 26.0 Å². The Hall–Kier alpha value is -2.82. The lowest BCUT2D eigenvalue weighted by atomic mass is 10.2. The standard InChI is InChI=1S/C16H21N3O5/c1-16(2,3)24-15(20)18-9-5-6-10-23-14-11-12(19(21)22)7-8-13(14)17-4/h7-8,11H,5-6,9-10H2,1-3H3,(H,18,20). The van der Waals surface area contributed by atoms with Crippen molar-refractivity contribution in [3.8, 4) is 5.75 Å². The number of benzene rings is 1. The molecule has 0 aliphatic rings. The van der Waals surface area contributed by atoms with E-state index >= 15 is 0 Å². The molecule has 1 aromatic carbocycles. The first-order chi connectivity index (χ1) is 11.2. The average molecular weight is 335 g/mol. The number of rotatable bonds is 7. The Bertz CT molecular complexity index is 632. The van der Waals surface area contributed by atoms with Crippen LogP contribution in [0.4, 0.5) is 16.2 Å². The molecule has 0 aromatic heterocycles. The Balaban J connectivity index is 2.36. The molecule has 0 heterocycles. The van der Waals surface area contributed by atoms with Crippen LogP contribution in [-0.4, -0.2) is 29.8 Å². The quantitative estimate of drug-likeness (QED) is 0.354. The van der Waals surface area contributed by atoms with Crippen molar-refractivity contribution in [2.24, 2.45) is 0 Å². The maximum Gasteiger partial charge on any atom is 0.407 e. The summed E-state index contributed by atoms with van der Waals surface area (Å²) in [5.74, 6) is 0.194. The van der Waals surface area contributed by atoms with Crippen LogP contribution in [0.5, 0.6) is 5.75 Å². The normalized spacial score (nSPS) is 10.6. The van der Waals surface area contributed by atoms with Gasteiger partial charge in [0.15, 0.2) is 0 Å². The molecule has 0 bridgehead atoms. The molecule has 1 N–H and O–H groups in total. The Kier molecular flexibility index (Phi) is 6.98.